The topological polar surface area (TPSA) is 26.3 Å². The molecule has 0 N–H and O–H groups in total. The lowest BCUT2D eigenvalue weighted by molar-refractivity contribution is -0.136. The van der Waals surface area contributed by atoms with E-state index in [2.05, 4.69) is 62.2 Å². The van der Waals surface area contributed by atoms with Crippen molar-refractivity contribution in [2.45, 2.75) is 12.8 Å². The molecule has 0 aromatic heterocycles. The van der Waals surface area contributed by atoms with Gasteiger partial charge in [0.25, 0.3) is 0 Å². The zero-order valence-corrected chi connectivity index (χ0v) is 17.3. The first kappa shape index (κ1) is 18.9. The largest absolute Gasteiger partial charge is 0.458 e. The lowest BCUT2D eigenvalue weighted by atomic mass is 9.91. The van der Waals surface area contributed by atoms with E-state index in [1.54, 1.807) is 6.08 Å². The Balaban J connectivity index is 1.53. The zero-order chi connectivity index (χ0) is 18.4. The van der Waals surface area contributed by atoms with E-state index in [9.17, 15) is 4.79 Å². The van der Waals surface area contributed by atoms with E-state index in [1.165, 1.54) is 22.8 Å². The number of rotatable bonds is 5. The average molecular weight is 474 g/mol. The monoisotopic (exact) mass is 472 g/mol. The molecule has 0 aliphatic heterocycles. The summed E-state index contributed by atoms with van der Waals surface area (Å²) in [7, 11) is 0. The van der Waals surface area contributed by atoms with Crippen molar-refractivity contribution >= 4 is 49.5 Å². The molecular weight excluding hydrogens is 456 g/mol. The van der Waals surface area contributed by atoms with Gasteiger partial charge in [-0.15, -0.1) is 0 Å². The highest BCUT2D eigenvalue weighted by Crippen LogP contribution is 2.27. The second-order valence-corrected chi connectivity index (χ2v) is 7.66. The summed E-state index contributed by atoms with van der Waals surface area (Å²) in [6, 6.07) is 14.2. The van der Waals surface area contributed by atoms with E-state index in [0.29, 0.717) is 0 Å². The Morgan fingerprint density at radius 1 is 1.12 bits per heavy atom. The molecule has 0 fully saturated rings. The molecule has 0 heterocycles. The number of carbonyl (C=O) groups is 1. The molecule has 1 aliphatic rings. The SMILES string of the molecule is O=C(/C=C/c1ccc(Br)cc1Br)OC/C=C/C1=CCCc2ccccc21. The molecule has 0 radical (unpaired) electrons. The molecule has 26 heavy (non-hydrogen) atoms. The van der Waals surface area contributed by atoms with Crippen LogP contribution in [-0.2, 0) is 16.0 Å². The van der Waals surface area contributed by atoms with Crippen LogP contribution in [0, 0.1) is 0 Å². The number of hydrogen-bond acceptors (Lipinski definition) is 2. The predicted molar refractivity (Wildman–Crippen MR) is 114 cm³/mol. The molecule has 1 aliphatic carbocycles. The number of aryl methyl sites for hydroxylation is 1. The van der Waals surface area contributed by atoms with Crippen LogP contribution in [0.5, 0.6) is 0 Å². The lowest BCUT2D eigenvalue weighted by Gasteiger charge is -2.14. The highest BCUT2D eigenvalue weighted by atomic mass is 79.9. The fourth-order valence-corrected chi connectivity index (χ4v) is 4.00. The molecule has 0 bridgehead atoms. The van der Waals surface area contributed by atoms with E-state index in [1.807, 2.05) is 30.4 Å². The molecular formula is C22H18Br2O2. The van der Waals surface area contributed by atoms with Crippen molar-refractivity contribution in [3.63, 3.8) is 0 Å². The number of carbonyl (C=O) groups excluding carboxylic acids is 1. The summed E-state index contributed by atoms with van der Waals surface area (Å²) in [4.78, 5) is 11.9. The summed E-state index contributed by atoms with van der Waals surface area (Å²) in [6.45, 7) is 0.254. The van der Waals surface area contributed by atoms with Gasteiger partial charge in [0.15, 0.2) is 0 Å². The Bertz CT molecular complexity index is 895. The van der Waals surface area contributed by atoms with Crippen LogP contribution in [-0.4, -0.2) is 12.6 Å². The number of esters is 1. The maximum atomic E-state index is 11.9. The van der Waals surface area contributed by atoms with E-state index < -0.39 is 0 Å². The van der Waals surface area contributed by atoms with Crippen molar-refractivity contribution in [2.75, 3.05) is 6.61 Å². The Morgan fingerprint density at radius 3 is 2.81 bits per heavy atom. The standard InChI is InChI=1S/C22H18Br2O2/c23-19-12-10-18(21(24)15-19)11-13-22(25)26-14-4-8-17-7-3-6-16-5-1-2-9-20(16)17/h1-2,4-5,7-13,15H,3,6,14H2/b8-4+,13-11+. The third-order valence-corrected chi connectivity index (χ3v) is 5.27. The van der Waals surface area contributed by atoms with Crippen LogP contribution in [0.2, 0.25) is 0 Å². The predicted octanol–water partition coefficient (Wildman–Crippen LogP) is 6.35. The minimum absolute atomic E-state index is 0.254. The van der Waals surface area contributed by atoms with Gasteiger partial charge in [-0.25, -0.2) is 4.79 Å². The van der Waals surface area contributed by atoms with Gasteiger partial charge in [0.05, 0.1) is 0 Å². The third kappa shape index (κ3) is 5.05. The summed E-state index contributed by atoms with van der Waals surface area (Å²) in [5, 5.41) is 0. The molecule has 4 heteroatoms. The number of allylic oxidation sites excluding steroid dienone is 3. The van der Waals surface area contributed by atoms with Crippen molar-refractivity contribution < 1.29 is 9.53 Å². The summed E-state index contributed by atoms with van der Waals surface area (Å²) in [6.07, 6.45) is 11.4. The Labute approximate surface area is 170 Å². The van der Waals surface area contributed by atoms with E-state index in [0.717, 1.165) is 27.4 Å². The van der Waals surface area contributed by atoms with Gasteiger partial charge in [-0.05, 0) is 59.4 Å². The molecule has 2 aromatic carbocycles. The number of hydrogen-bond donors (Lipinski definition) is 0. The van der Waals surface area contributed by atoms with Crippen LogP contribution in [0.4, 0.5) is 0 Å². The minimum atomic E-state index is -0.359. The second kappa shape index (κ2) is 9.15. The zero-order valence-electron chi connectivity index (χ0n) is 14.1. The van der Waals surface area contributed by atoms with Crippen LogP contribution in [0.15, 0.2) is 75.7 Å². The van der Waals surface area contributed by atoms with Crippen LogP contribution >= 0.6 is 31.9 Å². The van der Waals surface area contributed by atoms with Crippen LogP contribution in [0.3, 0.4) is 0 Å². The van der Waals surface area contributed by atoms with Gasteiger partial charge in [0.1, 0.15) is 6.61 Å². The number of benzene rings is 2. The van der Waals surface area contributed by atoms with Crippen molar-refractivity contribution in [1.29, 1.82) is 0 Å². The third-order valence-electron chi connectivity index (χ3n) is 4.09. The summed E-state index contributed by atoms with van der Waals surface area (Å²) >= 11 is 6.87. The van der Waals surface area contributed by atoms with Crippen molar-refractivity contribution in [2.24, 2.45) is 0 Å². The first-order valence-electron chi connectivity index (χ1n) is 8.38. The maximum absolute atomic E-state index is 11.9. The lowest BCUT2D eigenvalue weighted by Crippen LogP contribution is -2.01. The first-order valence-corrected chi connectivity index (χ1v) is 9.97. The summed E-state index contributed by atoms with van der Waals surface area (Å²) < 4.78 is 7.14. The van der Waals surface area contributed by atoms with E-state index >= 15 is 0 Å². The highest BCUT2D eigenvalue weighted by molar-refractivity contribution is 9.11. The van der Waals surface area contributed by atoms with E-state index in [4.69, 9.17) is 4.74 Å². The van der Waals surface area contributed by atoms with Gasteiger partial charge in [-0.2, -0.15) is 0 Å². The highest BCUT2D eigenvalue weighted by Gasteiger charge is 2.09. The van der Waals surface area contributed by atoms with Crippen molar-refractivity contribution in [3.8, 4) is 0 Å². The molecule has 0 saturated carbocycles. The quantitative estimate of drug-likeness (QED) is 0.373. The first-order chi connectivity index (χ1) is 12.6. The molecule has 0 spiro atoms. The normalized spacial score (nSPS) is 13.7. The molecule has 132 valence electrons. The van der Waals surface area contributed by atoms with E-state index in [-0.39, 0.29) is 12.6 Å². The molecule has 0 amide bonds. The fraction of sp³-hybridized carbons (Fsp3) is 0.136. The Morgan fingerprint density at radius 2 is 1.96 bits per heavy atom. The van der Waals surface area contributed by atoms with Gasteiger partial charge in [-0.1, -0.05) is 74.3 Å². The van der Waals surface area contributed by atoms with Crippen molar-refractivity contribution in [3.05, 3.63) is 92.4 Å². The van der Waals surface area contributed by atoms with Crippen LogP contribution < -0.4 is 0 Å². The number of ether oxygens (including phenoxy) is 1. The smallest absolute Gasteiger partial charge is 0.331 e. The maximum Gasteiger partial charge on any atom is 0.331 e. The van der Waals surface area contributed by atoms with Gasteiger partial charge in [0.2, 0.25) is 0 Å². The van der Waals surface area contributed by atoms with Crippen LogP contribution in [0.25, 0.3) is 11.6 Å². The molecule has 2 nitrogen and oxygen atoms in total. The number of fused-ring (bicyclic) bond motifs is 1. The Hall–Kier alpha value is -1.91. The average Bonchev–Trinajstić information content (AvgIpc) is 2.64. The molecule has 0 saturated heterocycles. The fourth-order valence-electron chi connectivity index (χ4n) is 2.82. The van der Waals surface area contributed by atoms with Crippen LogP contribution in [0.1, 0.15) is 23.1 Å². The molecule has 2 aromatic rings. The van der Waals surface area contributed by atoms with Gasteiger partial charge >= 0.3 is 5.97 Å². The van der Waals surface area contributed by atoms with Gasteiger partial charge < -0.3 is 4.74 Å². The minimum Gasteiger partial charge on any atom is -0.458 e. The van der Waals surface area contributed by atoms with Gasteiger partial charge in [0, 0.05) is 15.0 Å². The molecule has 3 rings (SSSR count). The number of halogens is 2. The Kier molecular flexibility index (Phi) is 6.64. The molecule has 0 atom stereocenters. The van der Waals surface area contributed by atoms with Crippen molar-refractivity contribution in [1.82, 2.24) is 0 Å². The second-order valence-electron chi connectivity index (χ2n) is 5.89. The molecule has 0 unspecified atom stereocenters. The van der Waals surface area contributed by atoms with Gasteiger partial charge in [-0.3, -0.25) is 0 Å². The summed E-state index contributed by atoms with van der Waals surface area (Å²) in [5.74, 6) is -0.359. The summed E-state index contributed by atoms with van der Waals surface area (Å²) in [5.41, 5.74) is 4.75.